The van der Waals surface area contributed by atoms with Gasteiger partial charge in [-0.1, -0.05) is 12.1 Å². The van der Waals surface area contributed by atoms with Gasteiger partial charge >= 0.3 is 5.97 Å². The number of aliphatic hydroxyl groups is 1. The van der Waals surface area contributed by atoms with Crippen LogP contribution in [-0.4, -0.2) is 70.3 Å². The average molecular weight is 396 g/mol. The number of aliphatic carboxylic acids is 1. The number of phenolic OH excluding ortho intramolecular Hbond substituents is 1. The summed E-state index contributed by atoms with van der Waals surface area (Å²) >= 11 is 0. The van der Waals surface area contributed by atoms with Crippen molar-refractivity contribution in [2.75, 3.05) is 13.1 Å². The molecule has 0 radical (unpaired) electrons. The Balaban J connectivity index is 2.34. The first-order chi connectivity index (χ1) is 13.1. The van der Waals surface area contributed by atoms with Crippen LogP contribution in [0, 0.1) is 0 Å². The summed E-state index contributed by atoms with van der Waals surface area (Å²) in [5.41, 5.74) is 6.49. The molecule has 0 aliphatic heterocycles. The minimum Gasteiger partial charge on any atom is -0.508 e. The molecule has 1 rings (SSSR count). The van der Waals surface area contributed by atoms with Crippen LogP contribution in [0.3, 0.4) is 0 Å². The van der Waals surface area contributed by atoms with E-state index in [2.05, 4.69) is 16.0 Å². The third-order valence-corrected chi connectivity index (χ3v) is 3.66. The van der Waals surface area contributed by atoms with Crippen LogP contribution in [0.2, 0.25) is 0 Å². The Kier molecular flexibility index (Phi) is 8.85. The lowest BCUT2D eigenvalue weighted by atomic mass is 10.1. The smallest absolute Gasteiger partial charge is 0.328 e. The van der Waals surface area contributed by atoms with Crippen molar-refractivity contribution >= 4 is 23.7 Å². The molecule has 0 unspecified atom stereocenters. The second kappa shape index (κ2) is 10.8. The summed E-state index contributed by atoms with van der Waals surface area (Å²) in [7, 11) is 0. The normalized spacial score (nSPS) is 13.7. The van der Waals surface area contributed by atoms with Crippen LogP contribution >= 0.6 is 0 Å². The molecule has 0 aliphatic rings. The summed E-state index contributed by atoms with van der Waals surface area (Å²) in [5, 5.41) is 33.9. The molecule has 1 aromatic carbocycles. The second-order valence-electron chi connectivity index (χ2n) is 6.10. The number of rotatable bonds is 10. The van der Waals surface area contributed by atoms with Gasteiger partial charge in [-0.3, -0.25) is 14.4 Å². The Morgan fingerprint density at radius 2 is 1.61 bits per heavy atom. The number of hydrogen-bond donors (Lipinski definition) is 7. The fourth-order valence-electron chi connectivity index (χ4n) is 2.13. The fourth-order valence-corrected chi connectivity index (χ4v) is 2.13. The number of phenols is 1. The SMILES string of the molecule is C[C@@H](O)[C@H](NC(=O)CNC(=O)CNC(=O)[C@@H](N)Cc1ccc(O)cc1)C(=O)O. The summed E-state index contributed by atoms with van der Waals surface area (Å²) in [6.07, 6.45) is -1.11. The topological polar surface area (TPSA) is 191 Å². The molecule has 3 atom stereocenters. The lowest BCUT2D eigenvalue weighted by molar-refractivity contribution is -0.144. The van der Waals surface area contributed by atoms with E-state index >= 15 is 0 Å². The van der Waals surface area contributed by atoms with Crippen LogP contribution in [0.15, 0.2) is 24.3 Å². The molecule has 28 heavy (non-hydrogen) atoms. The summed E-state index contributed by atoms with van der Waals surface area (Å²) in [6.45, 7) is 0.257. The number of carbonyl (C=O) groups is 4. The van der Waals surface area contributed by atoms with Crippen LogP contribution in [0.5, 0.6) is 5.75 Å². The van der Waals surface area contributed by atoms with E-state index in [0.29, 0.717) is 0 Å². The monoisotopic (exact) mass is 396 g/mol. The summed E-state index contributed by atoms with van der Waals surface area (Å²) in [4.78, 5) is 46.1. The Hall–Kier alpha value is -3.18. The number of nitrogens with one attached hydrogen (secondary N) is 3. The summed E-state index contributed by atoms with van der Waals surface area (Å²) in [5.74, 6) is -3.39. The quantitative estimate of drug-likeness (QED) is 0.225. The number of carbonyl (C=O) groups excluding carboxylic acids is 3. The van der Waals surface area contributed by atoms with Gasteiger partial charge in [0.05, 0.1) is 25.2 Å². The Morgan fingerprint density at radius 1 is 1.04 bits per heavy atom. The number of aromatic hydroxyl groups is 1. The molecule has 0 heterocycles. The first kappa shape index (κ1) is 22.9. The summed E-state index contributed by atoms with van der Waals surface area (Å²) < 4.78 is 0. The number of amides is 3. The van der Waals surface area contributed by atoms with Gasteiger partial charge in [0.25, 0.3) is 0 Å². The lowest BCUT2D eigenvalue weighted by Crippen LogP contribution is -2.51. The second-order valence-corrected chi connectivity index (χ2v) is 6.10. The van der Waals surface area contributed by atoms with E-state index in [-0.39, 0.29) is 12.2 Å². The molecule has 154 valence electrons. The van der Waals surface area contributed by atoms with Gasteiger partial charge in [-0.15, -0.1) is 0 Å². The van der Waals surface area contributed by atoms with Crippen molar-refractivity contribution in [2.45, 2.75) is 31.5 Å². The number of carboxylic acid groups (broad SMARTS) is 1. The number of hydrogen-bond acceptors (Lipinski definition) is 7. The molecule has 0 spiro atoms. The molecule has 11 heteroatoms. The molecule has 0 saturated heterocycles. The van der Waals surface area contributed by atoms with E-state index < -0.39 is 55.0 Å². The van der Waals surface area contributed by atoms with Gasteiger partial charge in [0, 0.05) is 0 Å². The van der Waals surface area contributed by atoms with Crippen LogP contribution in [-0.2, 0) is 25.6 Å². The first-order valence-electron chi connectivity index (χ1n) is 8.38. The van der Waals surface area contributed by atoms with Crippen LogP contribution < -0.4 is 21.7 Å². The minimum absolute atomic E-state index is 0.0885. The van der Waals surface area contributed by atoms with E-state index in [1.807, 2.05) is 0 Å². The van der Waals surface area contributed by atoms with Crippen molar-refractivity contribution in [1.82, 2.24) is 16.0 Å². The molecule has 0 bridgehead atoms. The standard InChI is InChI=1S/C17H24N4O7/c1-9(22)15(17(27)28)21-14(25)8-19-13(24)7-20-16(26)12(18)6-10-2-4-11(23)5-3-10/h2-5,9,12,15,22-23H,6-8,18H2,1H3,(H,19,24)(H,20,26)(H,21,25)(H,27,28)/t9-,12+,15+/m1/s1. The van der Waals surface area contributed by atoms with Crippen LogP contribution in [0.25, 0.3) is 0 Å². The molecule has 1 aromatic rings. The number of nitrogens with two attached hydrogens (primary N) is 1. The first-order valence-corrected chi connectivity index (χ1v) is 8.38. The number of carboxylic acids is 1. The van der Waals surface area contributed by atoms with E-state index in [0.717, 1.165) is 5.56 Å². The maximum Gasteiger partial charge on any atom is 0.328 e. The van der Waals surface area contributed by atoms with Crippen molar-refractivity contribution in [3.8, 4) is 5.75 Å². The molecule has 0 fully saturated rings. The maximum absolute atomic E-state index is 11.9. The summed E-state index contributed by atoms with van der Waals surface area (Å²) in [6, 6.07) is 3.75. The van der Waals surface area contributed by atoms with Crippen molar-refractivity contribution in [1.29, 1.82) is 0 Å². The lowest BCUT2D eigenvalue weighted by Gasteiger charge is -2.17. The molecule has 11 nitrogen and oxygen atoms in total. The molecular weight excluding hydrogens is 372 g/mol. The highest BCUT2D eigenvalue weighted by Gasteiger charge is 2.25. The van der Waals surface area contributed by atoms with Gasteiger partial charge in [-0.25, -0.2) is 4.79 Å². The highest BCUT2D eigenvalue weighted by Crippen LogP contribution is 2.10. The van der Waals surface area contributed by atoms with Gasteiger partial charge in [0.15, 0.2) is 6.04 Å². The Labute approximate surface area is 160 Å². The van der Waals surface area contributed by atoms with E-state index in [1.54, 1.807) is 12.1 Å². The zero-order valence-electron chi connectivity index (χ0n) is 15.2. The van der Waals surface area contributed by atoms with Gasteiger partial charge in [0.1, 0.15) is 5.75 Å². The predicted molar refractivity (Wildman–Crippen MR) is 97.1 cm³/mol. The third-order valence-electron chi connectivity index (χ3n) is 3.66. The van der Waals surface area contributed by atoms with Gasteiger partial charge in [0.2, 0.25) is 17.7 Å². The molecule has 3 amide bonds. The molecule has 0 saturated carbocycles. The number of benzene rings is 1. The third kappa shape index (κ3) is 8.01. The highest BCUT2D eigenvalue weighted by atomic mass is 16.4. The maximum atomic E-state index is 11.9. The molecular formula is C17H24N4O7. The van der Waals surface area contributed by atoms with E-state index in [4.69, 9.17) is 10.8 Å². The van der Waals surface area contributed by atoms with Crippen molar-refractivity contribution in [3.05, 3.63) is 29.8 Å². The number of aliphatic hydroxyl groups excluding tert-OH is 1. The van der Waals surface area contributed by atoms with Gasteiger partial charge in [-0.05, 0) is 31.0 Å². The molecule has 0 aliphatic carbocycles. The molecule has 8 N–H and O–H groups in total. The van der Waals surface area contributed by atoms with Crippen LogP contribution in [0.4, 0.5) is 0 Å². The average Bonchev–Trinajstić information content (AvgIpc) is 2.63. The van der Waals surface area contributed by atoms with E-state index in [9.17, 15) is 29.4 Å². The highest BCUT2D eigenvalue weighted by molar-refractivity contribution is 5.90. The van der Waals surface area contributed by atoms with Crippen molar-refractivity contribution in [2.24, 2.45) is 5.73 Å². The predicted octanol–water partition coefficient (Wildman–Crippen LogP) is -2.56. The zero-order valence-corrected chi connectivity index (χ0v) is 15.2. The van der Waals surface area contributed by atoms with Crippen molar-refractivity contribution in [3.63, 3.8) is 0 Å². The fraction of sp³-hybridized carbons (Fsp3) is 0.412. The van der Waals surface area contributed by atoms with E-state index in [1.165, 1.54) is 19.1 Å². The molecule has 0 aromatic heterocycles. The Morgan fingerprint density at radius 3 is 2.14 bits per heavy atom. The van der Waals surface area contributed by atoms with Gasteiger partial charge < -0.3 is 37.0 Å². The minimum atomic E-state index is -1.50. The zero-order chi connectivity index (χ0) is 21.3. The van der Waals surface area contributed by atoms with Crippen LogP contribution in [0.1, 0.15) is 12.5 Å². The van der Waals surface area contributed by atoms with Gasteiger partial charge in [-0.2, -0.15) is 0 Å². The largest absolute Gasteiger partial charge is 0.508 e. The Bertz CT molecular complexity index is 706. The van der Waals surface area contributed by atoms with Crippen molar-refractivity contribution < 1.29 is 34.5 Å².